The summed E-state index contributed by atoms with van der Waals surface area (Å²) in [6.45, 7) is 4.15. The van der Waals surface area contributed by atoms with Crippen molar-refractivity contribution in [1.82, 2.24) is 5.32 Å². The van der Waals surface area contributed by atoms with E-state index in [-0.39, 0.29) is 18.0 Å². The van der Waals surface area contributed by atoms with Gasteiger partial charge in [-0.3, -0.25) is 9.10 Å². The zero-order valence-electron chi connectivity index (χ0n) is 17.9. The number of anilines is 1. The molecule has 0 fully saturated rings. The lowest BCUT2D eigenvalue weighted by atomic mass is 10.2. The monoisotopic (exact) mass is 472 g/mol. The van der Waals surface area contributed by atoms with Gasteiger partial charge in [0, 0.05) is 17.1 Å². The number of hydrogen-bond donors (Lipinski definition) is 1. The molecule has 3 rings (SSSR count). The molecule has 0 atom stereocenters. The smallest absolute Gasteiger partial charge is 0.264 e. The molecule has 0 bridgehead atoms. The lowest BCUT2D eigenvalue weighted by Crippen LogP contribution is -2.40. The van der Waals surface area contributed by atoms with Gasteiger partial charge in [0.15, 0.2) is 0 Å². The van der Waals surface area contributed by atoms with Crippen molar-refractivity contribution in [2.24, 2.45) is 0 Å². The molecule has 0 aromatic heterocycles. The number of sulfonamides is 1. The van der Waals surface area contributed by atoms with E-state index in [4.69, 9.17) is 16.3 Å². The molecule has 3 aromatic rings. The van der Waals surface area contributed by atoms with Gasteiger partial charge in [0.1, 0.15) is 12.3 Å². The summed E-state index contributed by atoms with van der Waals surface area (Å²) in [6.07, 6.45) is 0. The molecular weight excluding hydrogens is 448 g/mol. The van der Waals surface area contributed by atoms with Gasteiger partial charge in [-0.25, -0.2) is 8.42 Å². The maximum Gasteiger partial charge on any atom is 0.264 e. The second-order valence-electron chi connectivity index (χ2n) is 7.12. The molecule has 6 nitrogen and oxygen atoms in total. The van der Waals surface area contributed by atoms with E-state index in [9.17, 15) is 13.2 Å². The SMILES string of the molecule is CCOc1ccccc1CNC(=O)CN(c1ccc(C)cc1)S(=O)(=O)c1ccc(Cl)cc1. The summed E-state index contributed by atoms with van der Waals surface area (Å²) in [4.78, 5) is 12.8. The van der Waals surface area contributed by atoms with Gasteiger partial charge in [-0.05, 0) is 56.3 Å². The van der Waals surface area contributed by atoms with Gasteiger partial charge in [0.2, 0.25) is 5.91 Å². The quantitative estimate of drug-likeness (QED) is 0.495. The van der Waals surface area contributed by atoms with E-state index in [0.717, 1.165) is 15.4 Å². The largest absolute Gasteiger partial charge is 0.494 e. The summed E-state index contributed by atoms with van der Waals surface area (Å²) in [7, 11) is -3.99. The van der Waals surface area contributed by atoms with Crippen LogP contribution >= 0.6 is 11.6 Å². The Morgan fingerprint density at radius 2 is 1.66 bits per heavy atom. The molecule has 0 aliphatic carbocycles. The first-order chi connectivity index (χ1) is 15.3. The Morgan fingerprint density at radius 3 is 2.31 bits per heavy atom. The summed E-state index contributed by atoms with van der Waals surface area (Å²) in [5.41, 5.74) is 2.19. The summed E-state index contributed by atoms with van der Waals surface area (Å²) in [5, 5.41) is 3.22. The number of carbonyl (C=O) groups excluding carboxylic acids is 1. The van der Waals surface area contributed by atoms with Crippen LogP contribution in [-0.4, -0.2) is 27.5 Å². The number of benzene rings is 3. The molecule has 1 N–H and O–H groups in total. The predicted octanol–water partition coefficient (Wildman–Crippen LogP) is 4.56. The molecule has 0 radical (unpaired) electrons. The molecule has 32 heavy (non-hydrogen) atoms. The fourth-order valence-electron chi connectivity index (χ4n) is 3.09. The first-order valence-corrected chi connectivity index (χ1v) is 12.0. The lowest BCUT2D eigenvalue weighted by molar-refractivity contribution is -0.119. The van der Waals surface area contributed by atoms with E-state index in [1.165, 1.54) is 24.3 Å². The standard InChI is InChI=1S/C24H25ClN2O4S/c1-3-31-23-7-5-4-6-19(23)16-26-24(28)17-27(21-12-8-18(2)9-13-21)32(29,30)22-14-10-20(25)11-15-22/h4-15H,3,16-17H2,1-2H3,(H,26,28). The third kappa shape index (κ3) is 5.81. The van der Waals surface area contributed by atoms with Crippen molar-refractivity contribution in [2.45, 2.75) is 25.3 Å². The van der Waals surface area contributed by atoms with Crippen LogP contribution in [0.15, 0.2) is 77.7 Å². The van der Waals surface area contributed by atoms with E-state index in [2.05, 4.69) is 5.32 Å². The highest BCUT2D eigenvalue weighted by Gasteiger charge is 2.27. The van der Waals surface area contributed by atoms with Crippen molar-refractivity contribution in [3.8, 4) is 5.75 Å². The third-order valence-electron chi connectivity index (χ3n) is 4.76. The van der Waals surface area contributed by atoms with Crippen LogP contribution in [0.3, 0.4) is 0 Å². The van der Waals surface area contributed by atoms with Crippen LogP contribution in [0.4, 0.5) is 5.69 Å². The van der Waals surface area contributed by atoms with Crippen LogP contribution in [0, 0.1) is 6.92 Å². The number of nitrogens with one attached hydrogen (secondary N) is 1. The minimum Gasteiger partial charge on any atom is -0.494 e. The first-order valence-electron chi connectivity index (χ1n) is 10.1. The highest BCUT2D eigenvalue weighted by Crippen LogP contribution is 2.25. The lowest BCUT2D eigenvalue weighted by Gasteiger charge is -2.24. The number of rotatable bonds is 9. The van der Waals surface area contributed by atoms with Crippen molar-refractivity contribution in [1.29, 1.82) is 0 Å². The molecular formula is C24H25ClN2O4S. The maximum absolute atomic E-state index is 13.4. The number of para-hydroxylation sites is 1. The Morgan fingerprint density at radius 1 is 1.00 bits per heavy atom. The van der Waals surface area contributed by atoms with Gasteiger partial charge in [0.25, 0.3) is 10.0 Å². The Labute approximate surface area is 193 Å². The molecule has 0 heterocycles. The van der Waals surface area contributed by atoms with Crippen LogP contribution in [0.5, 0.6) is 5.75 Å². The average molecular weight is 473 g/mol. The highest BCUT2D eigenvalue weighted by atomic mass is 35.5. The summed E-state index contributed by atoms with van der Waals surface area (Å²) >= 11 is 5.91. The van der Waals surface area contributed by atoms with Gasteiger partial charge < -0.3 is 10.1 Å². The Kier molecular flexibility index (Phi) is 7.77. The van der Waals surface area contributed by atoms with E-state index in [0.29, 0.717) is 23.1 Å². The van der Waals surface area contributed by atoms with Gasteiger partial charge in [-0.15, -0.1) is 0 Å². The summed E-state index contributed by atoms with van der Waals surface area (Å²) in [5.74, 6) is 0.244. The van der Waals surface area contributed by atoms with Crippen molar-refractivity contribution < 1.29 is 17.9 Å². The van der Waals surface area contributed by atoms with Gasteiger partial charge in [0.05, 0.1) is 17.2 Å². The normalized spacial score (nSPS) is 11.1. The number of hydrogen-bond acceptors (Lipinski definition) is 4. The topological polar surface area (TPSA) is 75.7 Å². The van der Waals surface area contributed by atoms with E-state index >= 15 is 0 Å². The summed E-state index contributed by atoms with van der Waals surface area (Å²) in [6, 6.07) is 20.2. The van der Waals surface area contributed by atoms with Gasteiger partial charge >= 0.3 is 0 Å². The van der Waals surface area contributed by atoms with E-state index in [1.54, 1.807) is 24.3 Å². The molecule has 8 heteroatoms. The Hall–Kier alpha value is -3.03. The van der Waals surface area contributed by atoms with E-state index in [1.807, 2.05) is 38.1 Å². The zero-order valence-corrected chi connectivity index (χ0v) is 19.5. The third-order valence-corrected chi connectivity index (χ3v) is 6.80. The van der Waals surface area contributed by atoms with Crippen LogP contribution in [0.25, 0.3) is 0 Å². The molecule has 168 valence electrons. The minimum atomic E-state index is -3.99. The number of ether oxygens (including phenoxy) is 1. The van der Waals surface area contributed by atoms with Crippen LogP contribution < -0.4 is 14.4 Å². The molecule has 1 amide bonds. The molecule has 0 aliphatic rings. The van der Waals surface area contributed by atoms with Crippen molar-refractivity contribution in [3.05, 3.63) is 88.9 Å². The Bertz CT molecular complexity index is 1160. The van der Waals surface area contributed by atoms with Gasteiger partial charge in [-0.1, -0.05) is 47.5 Å². The van der Waals surface area contributed by atoms with Crippen LogP contribution in [-0.2, 0) is 21.4 Å². The fourth-order valence-corrected chi connectivity index (χ4v) is 4.63. The second-order valence-corrected chi connectivity index (χ2v) is 9.42. The number of carbonyl (C=O) groups is 1. The number of nitrogens with zero attached hydrogens (tertiary/aromatic N) is 1. The molecule has 0 spiro atoms. The van der Waals surface area contributed by atoms with Crippen molar-refractivity contribution >= 4 is 33.2 Å². The van der Waals surface area contributed by atoms with Crippen LogP contribution in [0.1, 0.15) is 18.1 Å². The number of aryl methyl sites for hydroxylation is 1. The van der Waals surface area contributed by atoms with E-state index < -0.39 is 15.9 Å². The van der Waals surface area contributed by atoms with Crippen LogP contribution in [0.2, 0.25) is 5.02 Å². The average Bonchev–Trinajstić information content (AvgIpc) is 2.78. The maximum atomic E-state index is 13.4. The first kappa shape index (κ1) is 23.6. The minimum absolute atomic E-state index is 0.0527. The fraction of sp³-hybridized carbons (Fsp3) is 0.208. The number of halogens is 1. The predicted molar refractivity (Wildman–Crippen MR) is 127 cm³/mol. The molecule has 0 unspecified atom stereocenters. The Balaban J connectivity index is 1.84. The van der Waals surface area contributed by atoms with Gasteiger partial charge in [-0.2, -0.15) is 0 Å². The second kappa shape index (κ2) is 10.5. The highest BCUT2D eigenvalue weighted by molar-refractivity contribution is 7.92. The molecule has 0 aliphatic heterocycles. The molecule has 0 saturated heterocycles. The number of amides is 1. The zero-order chi connectivity index (χ0) is 23.1. The molecule has 0 saturated carbocycles. The van der Waals surface area contributed by atoms with Crippen molar-refractivity contribution in [2.75, 3.05) is 17.5 Å². The molecule has 3 aromatic carbocycles. The van der Waals surface area contributed by atoms with Crippen molar-refractivity contribution in [3.63, 3.8) is 0 Å². The summed E-state index contributed by atoms with van der Waals surface area (Å²) < 4.78 is 33.4.